The van der Waals surface area contributed by atoms with Gasteiger partial charge in [0.2, 0.25) is 0 Å². The second-order valence-corrected chi connectivity index (χ2v) is 16.5. The molecule has 0 aromatic heterocycles. The molecule has 0 saturated heterocycles. The van der Waals surface area contributed by atoms with Crippen LogP contribution in [0.25, 0.3) is 0 Å². The van der Waals surface area contributed by atoms with Crippen LogP contribution >= 0.6 is 0 Å². The van der Waals surface area contributed by atoms with Crippen molar-refractivity contribution in [1.29, 1.82) is 0 Å². The summed E-state index contributed by atoms with van der Waals surface area (Å²) in [5.74, 6) is 0. The Bertz CT molecular complexity index is 393. The van der Waals surface area contributed by atoms with Crippen molar-refractivity contribution in [2.45, 2.75) is 31.9 Å². The predicted molar refractivity (Wildman–Crippen MR) is 89.7 cm³/mol. The topological polar surface area (TPSA) is 6.48 Å². The van der Waals surface area contributed by atoms with Crippen LogP contribution in [0.2, 0.25) is 31.9 Å². The van der Waals surface area contributed by atoms with Gasteiger partial charge in [-0.2, -0.15) is 0 Å². The molecule has 2 rings (SSSR count). The smallest absolute Gasteiger partial charge is 0.149 e. The summed E-state index contributed by atoms with van der Waals surface area (Å²) in [4.78, 5) is 0. The van der Waals surface area contributed by atoms with Gasteiger partial charge in [-0.05, 0) is 30.2 Å². The molecule has 0 aromatic rings. The van der Waals surface area contributed by atoms with E-state index in [0.29, 0.717) is 0 Å². The summed E-state index contributed by atoms with van der Waals surface area (Å²) >= 11 is 0. The average Bonchev–Trinajstić information content (AvgIpc) is 2.40. The van der Waals surface area contributed by atoms with Gasteiger partial charge in [0.05, 0.1) is 0 Å². The van der Waals surface area contributed by atoms with Crippen LogP contribution < -0.4 is 0 Å². The molecular formula is C15H26N2Si2. The van der Waals surface area contributed by atoms with Crippen molar-refractivity contribution in [2.75, 3.05) is 13.1 Å². The molecule has 2 nitrogen and oxygen atoms in total. The van der Waals surface area contributed by atoms with Crippen molar-refractivity contribution >= 4 is 16.5 Å². The first-order valence-electron chi connectivity index (χ1n) is 7.12. The number of hydrogen-bond donors (Lipinski definition) is 0. The van der Waals surface area contributed by atoms with E-state index in [1.54, 1.807) is 0 Å². The zero-order chi connectivity index (χ0) is 13.9. The molecule has 0 atom stereocenters. The second-order valence-electron chi connectivity index (χ2n) is 6.65. The summed E-state index contributed by atoms with van der Waals surface area (Å²) in [6, 6.07) is 0. The number of rotatable bonds is 4. The molecule has 0 aliphatic carbocycles. The second kappa shape index (κ2) is 5.55. The van der Waals surface area contributed by atoms with Crippen LogP contribution in [-0.4, -0.2) is 38.7 Å². The minimum Gasteiger partial charge on any atom is -0.400 e. The van der Waals surface area contributed by atoms with Gasteiger partial charge >= 0.3 is 0 Å². The highest BCUT2D eigenvalue weighted by atomic mass is 28.4. The Kier molecular flexibility index (Phi) is 4.21. The molecule has 2 aliphatic rings. The first-order chi connectivity index (χ1) is 8.92. The fourth-order valence-corrected chi connectivity index (χ4v) is 15.4. The highest BCUT2D eigenvalue weighted by molar-refractivity contribution is 6.93. The normalized spacial score (nSPS) is 19.4. The van der Waals surface area contributed by atoms with Gasteiger partial charge in [-0.25, -0.2) is 0 Å². The first-order valence-corrected chi connectivity index (χ1v) is 13.4. The summed E-state index contributed by atoms with van der Waals surface area (Å²) in [6.45, 7) is 12.2. The van der Waals surface area contributed by atoms with Gasteiger partial charge in [-0.3, -0.25) is 0 Å². The first kappa shape index (κ1) is 14.4. The third-order valence-corrected chi connectivity index (χ3v) is 14.7. The zero-order valence-corrected chi connectivity index (χ0v) is 14.6. The third-order valence-electron chi connectivity index (χ3n) is 4.05. The Labute approximate surface area is 120 Å². The van der Waals surface area contributed by atoms with Gasteiger partial charge in [0, 0.05) is 13.1 Å². The standard InChI is InChI=1S/C15H26N2Si2/c1-18(2,16-11-7-5-8-12-16)15-19(3,4)17-13-9-6-10-14-17/h5-11,13H,12,14-15H2,1-4H3. The van der Waals surface area contributed by atoms with Crippen molar-refractivity contribution in [2.24, 2.45) is 0 Å². The van der Waals surface area contributed by atoms with Crippen LogP contribution in [0.3, 0.4) is 0 Å². The molecule has 0 saturated carbocycles. The lowest BCUT2D eigenvalue weighted by Crippen LogP contribution is -2.57. The van der Waals surface area contributed by atoms with E-state index in [1.807, 2.05) is 0 Å². The van der Waals surface area contributed by atoms with E-state index in [9.17, 15) is 0 Å². The molecule has 0 aromatic carbocycles. The molecule has 104 valence electrons. The van der Waals surface area contributed by atoms with Crippen molar-refractivity contribution in [3.63, 3.8) is 0 Å². The van der Waals surface area contributed by atoms with E-state index in [4.69, 9.17) is 0 Å². The molecule has 2 heterocycles. The number of allylic oxidation sites excluding steroid dienone is 4. The molecule has 0 radical (unpaired) electrons. The molecule has 19 heavy (non-hydrogen) atoms. The minimum absolute atomic E-state index is 1.09. The Balaban J connectivity index is 2.05. The van der Waals surface area contributed by atoms with Gasteiger partial charge < -0.3 is 9.13 Å². The van der Waals surface area contributed by atoms with Gasteiger partial charge in [-0.1, -0.05) is 50.5 Å². The molecule has 0 unspecified atom stereocenters. The van der Waals surface area contributed by atoms with E-state index in [0.717, 1.165) is 13.1 Å². The summed E-state index contributed by atoms with van der Waals surface area (Å²) in [5, 5.41) is 0. The number of hydrogen-bond acceptors (Lipinski definition) is 2. The van der Waals surface area contributed by atoms with E-state index in [1.165, 1.54) is 5.67 Å². The van der Waals surface area contributed by atoms with Crippen molar-refractivity contribution in [3.8, 4) is 0 Å². The van der Waals surface area contributed by atoms with Crippen LogP contribution in [0.5, 0.6) is 0 Å². The van der Waals surface area contributed by atoms with Gasteiger partial charge in [0.15, 0.2) is 0 Å². The van der Waals surface area contributed by atoms with Gasteiger partial charge in [-0.15, -0.1) is 0 Å². The van der Waals surface area contributed by atoms with E-state index >= 15 is 0 Å². The summed E-state index contributed by atoms with van der Waals surface area (Å²) in [5.41, 5.74) is 1.40. The van der Waals surface area contributed by atoms with Crippen molar-refractivity contribution in [1.82, 2.24) is 9.13 Å². The van der Waals surface area contributed by atoms with E-state index < -0.39 is 16.5 Å². The Hall–Kier alpha value is -1.01. The Morgan fingerprint density at radius 3 is 1.47 bits per heavy atom. The predicted octanol–water partition coefficient (Wildman–Crippen LogP) is 3.71. The molecule has 4 heteroatoms. The minimum atomic E-state index is -1.36. The Morgan fingerprint density at radius 2 is 1.16 bits per heavy atom. The lowest BCUT2D eigenvalue weighted by molar-refractivity contribution is 0.597. The highest BCUT2D eigenvalue weighted by Crippen LogP contribution is 2.27. The summed E-state index contributed by atoms with van der Waals surface area (Å²) < 4.78 is 5.20. The lowest BCUT2D eigenvalue weighted by Gasteiger charge is -2.45. The van der Waals surface area contributed by atoms with Gasteiger partial charge in [0.1, 0.15) is 16.5 Å². The van der Waals surface area contributed by atoms with Crippen LogP contribution in [0.1, 0.15) is 0 Å². The summed E-state index contributed by atoms with van der Waals surface area (Å²) in [7, 11) is -2.73. The molecule has 0 bridgehead atoms. The molecule has 0 spiro atoms. The maximum Gasteiger partial charge on any atom is 0.149 e. The molecular weight excluding hydrogens is 264 g/mol. The average molecular weight is 291 g/mol. The van der Waals surface area contributed by atoms with Crippen LogP contribution in [0.15, 0.2) is 48.9 Å². The van der Waals surface area contributed by atoms with Crippen molar-refractivity contribution < 1.29 is 0 Å². The largest absolute Gasteiger partial charge is 0.400 e. The molecule has 0 fully saturated rings. The SMILES string of the molecule is C[Si](C)(C[Si](C)(C)N1C=CC=CC1)N1C=CC=CC1. The van der Waals surface area contributed by atoms with E-state index in [2.05, 4.69) is 84.2 Å². The van der Waals surface area contributed by atoms with E-state index in [-0.39, 0.29) is 0 Å². The maximum absolute atomic E-state index is 2.60. The van der Waals surface area contributed by atoms with Crippen LogP contribution in [0.4, 0.5) is 0 Å². The number of nitrogens with zero attached hydrogens (tertiary/aromatic N) is 2. The highest BCUT2D eigenvalue weighted by Gasteiger charge is 2.38. The molecule has 0 amide bonds. The Morgan fingerprint density at radius 1 is 0.737 bits per heavy atom. The fraction of sp³-hybridized carbons (Fsp3) is 0.467. The molecule has 2 aliphatic heterocycles. The van der Waals surface area contributed by atoms with Crippen molar-refractivity contribution in [3.05, 3.63) is 48.9 Å². The molecule has 0 N–H and O–H groups in total. The van der Waals surface area contributed by atoms with Gasteiger partial charge in [0.25, 0.3) is 0 Å². The maximum atomic E-state index is 2.60. The third kappa shape index (κ3) is 3.51. The lowest BCUT2D eigenvalue weighted by atomic mass is 10.4. The summed E-state index contributed by atoms with van der Waals surface area (Å²) in [6.07, 6.45) is 17.8. The zero-order valence-electron chi connectivity index (χ0n) is 12.6. The van der Waals surface area contributed by atoms with Crippen LogP contribution in [-0.2, 0) is 0 Å². The fourth-order valence-electron chi connectivity index (χ4n) is 3.09. The monoisotopic (exact) mass is 290 g/mol. The quantitative estimate of drug-likeness (QED) is 0.728. The van der Waals surface area contributed by atoms with Crippen LogP contribution in [0, 0.1) is 0 Å².